The SMILES string of the molecule is CCn1nc(C)cc1C(=O)Nc1nc2cc(C(N)=O)cnc2n1C/C=C/Cn1c(NC(=O)c2c(N)c(C)nn2CC)nc2cc(C(N)=O)cc(OCCN3CC4(CCOCC4)C3)c21. The molecule has 0 unspecified atom stereocenters. The number of carbonyl (C=O) groups excluding carboxylic acids is 4. The molecular formula is C42H51N15O6. The third-order valence-electron chi connectivity index (χ3n) is 11.6. The van der Waals surface area contributed by atoms with Crippen LogP contribution in [0.4, 0.5) is 17.6 Å². The number of rotatable bonds is 16. The highest BCUT2D eigenvalue weighted by atomic mass is 16.5. The Labute approximate surface area is 361 Å². The molecule has 0 atom stereocenters. The van der Waals surface area contributed by atoms with Crippen molar-refractivity contribution in [1.29, 1.82) is 0 Å². The first-order valence-electron chi connectivity index (χ1n) is 20.9. The number of ether oxygens (including phenoxy) is 2. The number of likely N-dealkylation sites (tertiary alicyclic amines) is 1. The summed E-state index contributed by atoms with van der Waals surface area (Å²) in [6.45, 7) is 12.9. The Morgan fingerprint density at radius 2 is 1.49 bits per heavy atom. The summed E-state index contributed by atoms with van der Waals surface area (Å²) in [6, 6.07) is 6.35. The van der Waals surface area contributed by atoms with Crippen LogP contribution in [0, 0.1) is 19.3 Å². The van der Waals surface area contributed by atoms with Gasteiger partial charge >= 0.3 is 0 Å². The van der Waals surface area contributed by atoms with Crippen LogP contribution < -0.4 is 32.6 Å². The molecule has 7 heterocycles. The van der Waals surface area contributed by atoms with Crippen LogP contribution in [-0.2, 0) is 30.9 Å². The van der Waals surface area contributed by atoms with Gasteiger partial charge in [0.1, 0.15) is 34.8 Å². The van der Waals surface area contributed by atoms with Crippen molar-refractivity contribution in [3.05, 3.63) is 76.5 Å². The van der Waals surface area contributed by atoms with Crippen molar-refractivity contribution in [3.63, 3.8) is 0 Å². The van der Waals surface area contributed by atoms with E-state index < -0.39 is 23.6 Å². The van der Waals surface area contributed by atoms with Crippen LogP contribution in [0.2, 0.25) is 0 Å². The number of pyridine rings is 1. The molecule has 2 saturated heterocycles. The zero-order chi connectivity index (χ0) is 44.6. The summed E-state index contributed by atoms with van der Waals surface area (Å²) < 4.78 is 18.6. The number of fused-ring (bicyclic) bond motifs is 2. The van der Waals surface area contributed by atoms with Crippen LogP contribution in [0.1, 0.15) is 79.8 Å². The first-order valence-corrected chi connectivity index (χ1v) is 20.9. The van der Waals surface area contributed by atoms with Gasteiger partial charge in [0.15, 0.2) is 5.65 Å². The fourth-order valence-electron chi connectivity index (χ4n) is 8.35. The zero-order valence-corrected chi connectivity index (χ0v) is 35.7. The number of nitrogens with two attached hydrogens (primary N) is 3. The molecule has 21 nitrogen and oxygen atoms in total. The Kier molecular flexibility index (Phi) is 11.7. The van der Waals surface area contributed by atoms with Gasteiger partial charge in [0, 0.05) is 76.2 Å². The number of aromatic nitrogens is 9. The largest absolute Gasteiger partial charge is 0.490 e. The van der Waals surface area contributed by atoms with Crippen molar-refractivity contribution >= 4 is 63.4 Å². The lowest BCUT2D eigenvalue weighted by Crippen LogP contribution is -2.59. The van der Waals surface area contributed by atoms with E-state index in [9.17, 15) is 19.2 Å². The van der Waals surface area contributed by atoms with Gasteiger partial charge in [-0.1, -0.05) is 12.2 Å². The van der Waals surface area contributed by atoms with Gasteiger partial charge < -0.3 is 31.2 Å². The Morgan fingerprint density at radius 1 is 0.841 bits per heavy atom. The van der Waals surface area contributed by atoms with Gasteiger partial charge in [-0.2, -0.15) is 10.2 Å². The van der Waals surface area contributed by atoms with E-state index in [1.807, 2.05) is 26.0 Å². The fraction of sp³-hybridized carbons (Fsp3) is 0.405. The summed E-state index contributed by atoms with van der Waals surface area (Å²) in [5, 5.41) is 14.6. The molecular weight excluding hydrogens is 811 g/mol. The average molecular weight is 862 g/mol. The number of aryl methyl sites for hydroxylation is 4. The van der Waals surface area contributed by atoms with Crippen LogP contribution in [0.3, 0.4) is 0 Å². The second-order valence-corrected chi connectivity index (χ2v) is 15.9. The van der Waals surface area contributed by atoms with Crippen LogP contribution in [0.15, 0.2) is 42.6 Å². The number of hydrogen-bond acceptors (Lipinski definition) is 13. The number of anilines is 3. The Balaban J connectivity index is 1.12. The molecule has 63 heavy (non-hydrogen) atoms. The highest BCUT2D eigenvalue weighted by molar-refractivity contribution is 6.07. The molecule has 21 heteroatoms. The highest BCUT2D eigenvalue weighted by Gasteiger charge is 2.43. The van der Waals surface area contributed by atoms with Gasteiger partial charge in [-0.15, -0.1) is 0 Å². The maximum absolute atomic E-state index is 13.9. The molecule has 8 rings (SSSR count). The summed E-state index contributed by atoms with van der Waals surface area (Å²) >= 11 is 0. The predicted molar refractivity (Wildman–Crippen MR) is 233 cm³/mol. The molecule has 0 bridgehead atoms. The van der Waals surface area contributed by atoms with Crippen LogP contribution >= 0.6 is 0 Å². The summed E-state index contributed by atoms with van der Waals surface area (Å²) in [4.78, 5) is 68.4. The lowest BCUT2D eigenvalue weighted by atomic mass is 9.73. The molecule has 2 fully saturated rings. The lowest BCUT2D eigenvalue weighted by molar-refractivity contribution is -0.0829. The monoisotopic (exact) mass is 861 g/mol. The van der Waals surface area contributed by atoms with Crippen LogP contribution in [-0.4, -0.2) is 112 Å². The number of nitrogens with one attached hydrogen (secondary N) is 2. The number of carbonyl (C=O) groups is 4. The summed E-state index contributed by atoms with van der Waals surface area (Å²) in [6.07, 6.45) is 7.12. The smallest absolute Gasteiger partial charge is 0.278 e. The van der Waals surface area contributed by atoms with Gasteiger partial charge in [0.2, 0.25) is 23.7 Å². The van der Waals surface area contributed by atoms with E-state index in [2.05, 4.69) is 35.7 Å². The second kappa shape index (κ2) is 17.3. The molecule has 0 radical (unpaired) electrons. The van der Waals surface area contributed by atoms with Gasteiger partial charge in [-0.25, -0.2) is 15.0 Å². The number of nitrogens with zero attached hydrogens (tertiary/aromatic N) is 10. The molecule has 1 spiro atoms. The minimum atomic E-state index is -0.672. The second-order valence-electron chi connectivity index (χ2n) is 15.9. The normalized spacial score (nSPS) is 15.0. The van der Waals surface area contributed by atoms with E-state index in [0.29, 0.717) is 76.7 Å². The predicted octanol–water partition coefficient (Wildman–Crippen LogP) is 2.86. The number of amides is 4. The molecule has 0 aliphatic carbocycles. The van der Waals surface area contributed by atoms with Gasteiger partial charge in [-0.3, -0.25) is 48.6 Å². The molecule has 6 aromatic rings. The van der Waals surface area contributed by atoms with Crippen molar-refractivity contribution in [2.75, 3.05) is 55.8 Å². The van der Waals surface area contributed by atoms with Crippen molar-refractivity contribution in [1.82, 2.24) is 48.5 Å². The molecule has 2 aliphatic heterocycles. The summed E-state index contributed by atoms with van der Waals surface area (Å²) in [7, 11) is 0. The molecule has 330 valence electrons. The molecule has 0 saturated carbocycles. The van der Waals surface area contributed by atoms with Crippen LogP contribution in [0.25, 0.3) is 22.2 Å². The molecule has 1 aromatic carbocycles. The van der Waals surface area contributed by atoms with E-state index in [0.717, 1.165) is 39.1 Å². The van der Waals surface area contributed by atoms with Crippen molar-refractivity contribution in [2.24, 2.45) is 16.9 Å². The van der Waals surface area contributed by atoms with Crippen molar-refractivity contribution < 1.29 is 28.7 Å². The number of benzene rings is 1. The lowest BCUT2D eigenvalue weighted by Gasteiger charge is -2.52. The zero-order valence-electron chi connectivity index (χ0n) is 35.7. The number of nitrogen functional groups attached to an aromatic ring is 1. The minimum Gasteiger partial charge on any atom is -0.490 e. The van der Waals surface area contributed by atoms with Gasteiger partial charge in [0.05, 0.1) is 28.2 Å². The number of hydrogen-bond donors (Lipinski definition) is 5. The molecule has 2 aliphatic rings. The topological polar surface area (TPSA) is 276 Å². The summed E-state index contributed by atoms with van der Waals surface area (Å²) in [5.74, 6) is -1.61. The number of imidazole rings is 2. The van der Waals surface area contributed by atoms with Crippen molar-refractivity contribution in [3.8, 4) is 5.75 Å². The maximum Gasteiger partial charge on any atom is 0.278 e. The third kappa shape index (κ3) is 8.43. The molecule has 8 N–H and O–H groups in total. The molecule has 5 aromatic heterocycles. The number of primary amides is 2. The highest BCUT2D eigenvalue weighted by Crippen LogP contribution is 2.39. The third-order valence-corrected chi connectivity index (χ3v) is 11.6. The van der Waals surface area contributed by atoms with Crippen molar-refractivity contribution in [2.45, 2.75) is 66.7 Å². The average Bonchev–Trinajstić information content (AvgIpc) is 3.99. The first-order chi connectivity index (χ1) is 30.3. The standard InChI is InChI=1S/C42H51N15O6/c1-5-56-30(17-24(3)51-56)38(60)49-41-48-29-19-27(36(45)59)21-46-37(29)55(41)12-8-7-11-54-33-28(47-40(54)50-39(61)34-32(43)25(4)52-57(34)6-2)18-26(35(44)58)20-31(33)63-16-13-53-22-42(23-53)9-14-62-15-10-42/h7-8,17-21H,5-6,9-16,22-23,43H2,1-4H3,(H2,44,58)(H2,45,59)(H,47,50,61)(H,48,49,60)/b8-7+. The maximum atomic E-state index is 13.9. The number of allylic oxidation sites excluding steroid dienone is 2. The Morgan fingerprint density at radius 3 is 2.19 bits per heavy atom. The first kappa shape index (κ1) is 42.6. The van der Waals surface area contributed by atoms with E-state index in [1.54, 1.807) is 45.9 Å². The van der Waals surface area contributed by atoms with E-state index in [-0.39, 0.29) is 47.5 Å². The quantitative estimate of drug-likeness (QED) is 0.0877. The Hall–Kier alpha value is -7.13. The van der Waals surface area contributed by atoms with Crippen LogP contribution in [0.5, 0.6) is 5.75 Å². The minimum absolute atomic E-state index is 0.152. The van der Waals surface area contributed by atoms with Gasteiger partial charge in [0.25, 0.3) is 11.8 Å². The molecule has 4 amide bonds. The van der Waals surface area contributed by atoms with E-state index in [1.165, 1.54) is 16.9 Å². The van der Waals surface area contributed by atoms with E-state index >= 15 is 0 Å². The van der Waals surface area contributed by atoms with Gasteiger partial charge in [-0.05, 0) is 64.8 Å². The Bertz CT molecular complexity index is 2780. The summed E-state index contributed by atoms with van der Waals surface area (Å²) in [5.41, 5.74) is 21.9. The van der Waals surface area contributed by atoms with E-state index in [4.69, 9.17) is 31.7 Å². The fourth-order valence-corrected chi connectivity index (χ4v) is 8.35.